The van der Waals surface area contributed by atoms with Crippen molar-refractivity contribution in [3.63, 3.8) is 0 Å². The summed E-state index contributed by atoms with van der Waals surface area (Å²) in [6.07, 6.45) is 2.41. The highest BCUT2D eigenvalue weighted by Gasteiger charge is 2.25. The van der Waals surface area contributed by atoms with E-state index in [0.717, 1.165) is 24.2 Å². The quantitative estimate of drug-likeness (QED) is 0.698. The molecule has 1 aliphatic heterocycles. The van der Waals surface area contributed by atoms with Gasteiger partial charge in [-0.15, -0.1) is 0 Å². The first-order valence-electron chi connectivity index (χ1n) is 6.13. The number of anilines is 2. The van der Waals surface area contributed by atoms with E-state index in [4.69, 9.17) is 11.5 Å². The van der Waals surface area contributed by atoms with E-state index in [9.17, 15) is 4.79 Å². The number of aromatic nitrogens is 2. The molecule has 1 unspecified atom stereocenters. The predicted octanol–water partition coefficient (Wildman–Crippen LogP) is 0.969. The number of benzene rings is 1. The summed E-state index contributed by atoms with van der Waals surface area (Å²) in [6.45, 7) is 0.779. The Morgan fingerprint density at radius 3 is 2.79 bits per heavy atom. The molecule has 0 spiro atoms. The second kappa shape index (κ2) is 4.31. The first-order chi connectivity index (χ1) is 9.16. The molecule has 19 heavy (non-hydrogen) atoms. The van der Waals surface area contributed by atoms with Gasteiger partial charge in [-0.2, -0.15) is 5.10 Å². The van der Waals surface area contributed by atoms with Crippen molar-refractivity contribution in [2.45, 2.75) is 12.5 Å². The van der Waals surface area contributed by atoms with Crippen LogP contribution >= 0.6 is 0 Å². The van der Waals surface area contributed by atoms with E-state index in [1.54, 1.807) is 0 Å². The maximum Gasteiger partial charge on any atom is 0.254 e. The zero-order chi connectivity index (χ0) is 13.4. The summed E-state index contributed by atoms with van der Waals surface area (Å²) in [5.74, 6) is 0.229. The molecule has 0 saturated carbocycles. The van der Waals surface area contributed by atoms with Gasteiger partial charge in [-0.3, -0.25) is 4.79 Å². The summed E-state index contributed by atoms with van der Waals surface area (Å²) in [4.78, 5) is 11.3. The van der Waals surface area contributed by atoms with Crippen molar-refractivity contribution in [3.8, 4) is 0 Å². The summed E-state index contributed by atoms with van der Waals surface area (Å²) in [6, 6.07) is 7.82. The third-order valence-corrected chi connectivity index (χ3v) is 3.39. The summed E-state index contributed by atoms with van der Waals surface area (Å²) in [5.41, 5.74) is 13.3. The zero-order valence-electron chi connectivity index (χ0n) is 10.3. The Morgan fingerprint density at radius 2 is 2.11 bits per heavy atom. The minimum absolute atomic E-state index is 0.102. The van der Waals surface area contributed by atoms with Gasteiger partial charge in [0.15, 0.2) is 0 Å². The molecule has 0 bridgehead atoms. The standard InChI is InChI=1S/C13H15N5O/c14-9-3-1-8(2-4-9)11-5-6-16-13-10(12(15)19)7-17-18(11)13/h1-4,7,11,16H,5-6,14H2,(H2,15,19). The van der Waals surface area contributed by atoms with Gasteiger partial charge in [-0.1, -0.05) is 12.1 Å². The third-order valence-electron chi connectivity index (χ3n) is 3.39. The zero-order valence-corrected chi connectivity index (χ0v) is 10.3. The maximum atomic E-state index is 11.3. The molecule has 2 heterocycles. The molecule has 1 aromatic carbocycles. The lowest BCUT2D eigenvalue weighted by molar-refractivity contribution is 0.100. The molecule has 5 N–H and O–H groups in total. The monoisotopic (exact) mass is 257 g/mol. The number of amides is 1. The van der Waals surface area contributed by atoms with Gasteiger partial charge in [-0.25, -0.2) is 4.68 Å². The lowest BCUT2D eigenvalue weighted by atomic mass is 10.0. The van der Waals surface area contributed by atoms with Crippen molar-refractivity contribution in [2.75, 3.05) is 17.6 Å². The number of nitrogen functional groups attached to an aromatic ring is 1. The molecular formula is C13H15N5O. The van der Waals surface area contributed by atoms with Crippen molar-refractivity contribution in [1.82, 2.24) is 9.78 Å². The largest absolute Gasteiger partial charge is 0.399 e. The average Bonchev–Trinajstić information content (AvgIpc) is 2.83. The fourth-order valence-corrected chi connectivity index (χ4v) is 2.43. The van der Waals surface area contributed by atoms with Gasteiger partial charge in [0.05, 0.1) is 12.2 Å². The van der Waals surface area contributed by atoms with Crippen molar-refractivity contribution in [2.24, 2.45) is 5.73 Å². The summed E-state index contributed by atoms with van der Waals surface area (Å²) in [7, 11) is 0. The fraction of sp³-hybridized carbons (Fsp3) is 0.231. The Morgan fingerprint density at radius 1 is 1.37 bits per heavy atom. The molecule has 2 aromatic rings. The summed E-state index contributed by atoms with van der Waals surface area (Å²) in [5, 5.41) is 7.46. The van der Waals surface area contributed by atoms with Crippen molar-refractivity contribution in [1.29, 1.82) is 0 Å². The van der Waals surface area contributed by atoms with Crippen LogP contribution in [0.1, 0.15) is 28.4 Å². The van der Waals surface area contributed by atoms with E-state index in [1.807, 2.05) is 28.9 Å². The molecule has 1 atom stereocenters. The SMILES string of the molecule is NC(=O)c1cnn2c1NCCC2c1ccc(N)cc1. The minimum atomic E-state index is -0.466. The normalized spacial score (nSPS) is 17.6. The van der Waals surface area contributed by atoms with Crippen LogP contribution in [-0.2, 0) is 0 Å². The van der Waals surface area contributed by atoms with E-state index in [1.165, 1.54) is 6.20 Å². The third kappa shape index (κ3) is 1.91. The highest BCUT2D eigenvalue weighted by molar-refractivity contribution is 5.97. The predicted molar refractivity (Wildman–Crippen MR) is 72.8 cm³/mol. The Kier molecular flexibility index (Phi) is 2.63. The molecule has 0 fully saturated rings. The van der Waals surface area contributed by atoms with Crippen LogP contribution in [0.15, 0.2) is 30.5 Å². The number of nitrogens with one attached hydrogen (secondary N) is 1. The van der Waals surface area contributed by atoms with Crippen LogP contribution in [0, 0.1) is 0 Å². The van der Waals surface area contributed by atoms with Gasteiger partial charge in [0.25, 0.3) is 5.91 Å². The molecule has 0 radical (unpaired) electrons. The van der Waals surface area contributed by atoms with E-state index < -0.39 is 5.91 Å². The molecule has 1 aliphatic rings. The topological polar surface area (TPSA) is 99.0 Å². The molecule has 3 rings (SSSR count). The molecule has 1 aromatic heterocycles. The molecule has 0 saturated heterocycles. The summed E-state index contributed by atoms with van der Waals surface area (Å²) >= 11 is 0. The first kappa shape index (κ1) is 11.6. The smallest absolute Gasteiger partial charge is 0.254 e. The van der Waals surface area contributed by atoms with Gasteiger partial charge >= 0.3 is 0 Å². The van der Waals surface area contributed by atoms with E-state index >= 15 is 0 Å². The van der Waals surface area contributed by atoms with E-state index in [-0.39, 0.29) is 6.04 Å². The van der Waals surface area contributed by atoms with Crippen LogP contribution in [0.5, 0.6) is 0 Å². The van der Waals surface area contributed by atoms with Crippen LogP contribution in [-0.4, -0.2) is 22.2 Å². The number of fused-ring (bicyclic) bond motifs is 1. The second-order valence-corrected chi connectivity index (χ2v) is 4.61. The van der Waals surface area contributed by atoms with Gasteiger partial charge in [0.2, 0.25) is 0 Å². The van der Waals surface area contributed by atoms with E-state index in [2.05, 4.69) is 10.4 Å². The maximum absolute atomic E-state index is 11.3. The molecule has 6 nitrogen and oxygen atoms in total. The Balaban J connectivity index is 2.03. The van der Waals surface area contributed by atoms with Gasteiger partial charge in [0, 0.05) is 12.2 Å². The summed E-state index contributed by atoms with van der Waals surface area (Å²) < 4.78 is 1.81. The van der Waals surface area contributed by atoms with Crippen molar-refractivity contribution >= 4 is 17.4 Å². The molecule has 6 heteroatoms. The minimum Gasteiger partial charge on any atom is -0.399 e. The van der Waals surface area contributed by atoms with Gasteiger partial charge < -0.3 is 16.8 Å². The number of nitrogens with zero attached hydrogens (tertiary/aromatic N) is 2. The molecular weight excluding hydrogens is 242 g/mol. The number of carbonyl (C=O) groups is 1. The lowest BCUT2D eigenvalue weighted by Crippen LogP contribution is -2.26. The van der Waals surface area contributed by atoms with Crippen LogP contribution in [0.3, 0.4) is 0 Å². The highest BCUT2D eigenvalue weighted by atomic mass is 16.1. The number of nitrogens with two attached hydrogens (primary N) is 2. The first-order valence-corrected chi connectivity index (χ1v) is 6.13. The Labute approximate surface area is 110 Å². The number of hydrogen-bond donors (Lipinski definition) is 3. The molecule has 1 amide bonds. The van der Waals surface area contributed by atoms with Gasteiger partial charge in [-0.05, 0) is 24.1 Å². The highest BCUT2D eigenvalue weighted by Crippen LogP contribution is 2.31. The van der Waals surface area contributed by atoms with Crippen molar-refractivity contribution in [3.05, 3.63) is 41.6 Å². The number of carbonyl (C=O) groups excluding carboxylic acids is 1. The number of primary amides is 1. The second-order valence-electron chi connectivity index (χ2n) is 4.61. The Bertz CT molecular complexity index is 616. The molecule has 0 aliphatic carbocycles. The van der Waals surface area contributed by atoms with Crippen LogP contribution in [0.25, 0.3) is 0 Å². The fourth-order valence-electron chi connectivity index (χ4n) is 2.43. The van der Waals surface area contributed by atoms with Crippen LogP contribution in [0.4, 0.5) is 11.5 Å². The van der Waals surface area contributed by atoms with Crippen molar-refractivity contribution < 1.29 is 4.79 Å². The number of rotatable bonds is 2. The van der Waals surface area contributed by atoms with Gasteiger partial charge in [0.1, 0.15) is 11.4 Å². The lowest BCUT2D eigenvalue weighted by Gasteiger charge is -2.26. The van der Waals surface area contributed by atoms with E-state index in [0.29, 0.717) is 11.4 Å². The Hall–Kier alpha value is -2.50. The van der Waals surface area contributed by atoms with Crippen LogP contribution < -0.4 is 16.8 Å². The average molecular weight is 257 g/mol. The molecule has 98 valence electrons. The number of hydrogen-bond acceptors (Lipinski definition) is 4. The van der Waals surface area contributed by atoms with Crippen LogP contribution in [0.2, 0.25) is 0 Å².